The number of alkyl carbamates (subject to hydrolysis) is 2. The summed E-state index contributed by atoms with van der Waals surface area (Å²) in [6, 6.07) is 18.3. The number of nitrogens with one attached hydrogen (secondary N) is 3. The third kappa shape index (κ3) is 28.4. The van der Waals surface area contributed by atoms with Crippen LogP contribution in [-0.4, -0.2) is 132 Å². The van der Waals surface area contributed by atoms with Gasteiger partial charge in [-0.1, -0.05) is 63.7 Å². The van der Waals surface area contributed by atoms with E-state index in [0.29, 0.717) is 52.4 Å². The van der Waals surface area contributed by atoms with Crippen LogP contribution >= 0.6 is 63.7 Å². The second-order valence-electron chi connectivity index (χ2n) is 33.7. The minimum absolute atomic E-state index is 0. The number of rotatable bonds is 16. The quantitative estimate of drug-likeness (QED) is 0.00995. The van der Waals surface area contributed by atoms with Crippen LogP contribution in [0.1, 0.15) is 164 Å². The van der Waals surface area contributed by atoms with Crippen LogP contribution in [0.4, 0.5) is 92.5 Å². The summed E-state index contributed by atoms with van der Waals surface area (Å²) in [5.74, 6) is -3.06. The number of nitrogens with two attached hydrogens (primary N) is 3. The number of hydrogen-bond acceptors (Lipinski definition) is 21. The molecule has 0 aliphatic carbocycles. The number of ether oxygens (including phenoxy) is 2. The topological polar surface area (TPSA) is 417 Å². The fourth-order valence-corrected chi connectivity index (χ4v) is 16.1. The van der Waals surface area contributed by atoms with E-state index in [1.165, 1.54) is 90.5 Å². The van der Waals surface area contributed by atoms with Crippen LogP contribution in [0.15, 0.2) is 155 Å². The Balaban J connectivity index is 0.000000235. The molecule has 3 aliphatic rings. The van der Waals surface area contributed by atoms with Gasteiger partial charge in [-0.2, -0.15) is 0 Å². The first-order chi connectivity index (χ1) is 64.2. The second kappa shape index (κ2) is 47.4. The van der Waals surface area contributed by atoms with E-state index in [4.69, 9.17) is 50.9 Å². The van der Waals surface area contributed by atoms with Gasteiger partial charge in [-0.05, 0) is 188 Å². The number of anilines is 1. The molecule has 5 aromatic heterocycles. The number of halogens is 19. The minimum atomic E-state index is -3.16. The van der Waals surface area contributed by atoms with E-state index in [1.807, 2.05) is 0 Å². The van der Waals surface area contributed by atoms with Crippen LogP contribution in [0.25, 0.3) is 25.7 Å². The first kappa shape index (κ1) is 115. The average molecular weight is 2230 g/mol. The number of fused-ring (bicyclic) bond motifs is 3. The molecule has 0 saturated heterocycles. The molecule has 2 amide bonds. The van der Waals surface area contributed by atoms with Crippen molar-refractivity contribution >= 4 is 121 Å². The molecule has 9 N–H and O–H groups in total. The Bertz CT molecular complexity index is 6310. The number of aliphatic imine (C=N–C) groups is 3. The number of aryl methyl sites for hydroxylation is 5. The summed E-state index contributed by atoms with van der Waals surface area (Å²) in [7, 11) is -1.96. The molecule has 732 valence electrons. The SMILES string of the molecule is Cc1ncc2c(n1)C[C@](c1cc(Br)ccc1F)(C(F)F)N=C2N.Cc1ncc2c(n1)C[C@](c1cc(Br)ccc1F)(C(F)F)N=C2NC(=O)OC(C)(C)C.Cc1ncc2c(n1)C[C@](c1cc(N)ccc1F)(C(F)F)N=C2NC(=O)OC(C)(C)C.[C-]#[N+]c1cnc(C)nc1CC(N)(c1cc(Br)ccc1F)C(F)F.[C-]#[N+]c1cnc(C)nc1CC(NS(=O)C(C)(C)C)(c1cc(Br)ccc1F)C(F)F.[N-]=[N+]=[N-].[Na+]. The van der Waals surface area contributed by atoms with Crippen molar-refractivity contribution in [3.63, 3.8) is 0 Å². The first-order valence-electron chi connectivity index (χ1n) is 40.4. The molecule has 0 fully saturated rings. The number of benzene rings is 5. The third-order valence-electron chi connectivity index (χ3n) is 20.1. The van der Waals surface area contributed by atoms with Gasteiger partial charge >= 0.3 is 41.7 Å². The largest absolute Gasteiger partial charge is 1.00 e. The van der Waals surface area contributed by atoms with Gasteiger partial charge in [0.25, 0.3) is 32.1 Å². The van der Waals surface area contributed by atoms with Crippen molar-refractivity contribution in [2.75, 3.05) is 5.73 Å². The number of hydrogen-bond donors (Lipinski definition) is 6. The van der Waals surface area contributed by atoms with Crippen LogP contribution in [0.5, 0.6) is 0 Å². The van der Waals surface area contributed by atoms with Gasteiger partial charge < -0.3 is 37.7 Å². The fourth-order valence-electron chi connectivity index (χ4n) is 13.7. The summed E-state index contributed by atoms with van der Waals surface area (Å²) >= 11 is 12.7. The van der Waals surface area contributed by atoms with E-state index in [1.54, 1.807) is 96.9 Å². The Kier molecular flexibility index (Phi) is 39.2. The number of carbonyl (C=O) groups is 2. The standard InChI is InChI=1S/C20H20BrF3N4O2.C20H22F3N5O2.C19H20BrF3N4OS.2C15H12BrF3N4.N3.Na/c1-10-25-9-12-15(26-10)8-20(17(23)24,13-7-11(21)5-6-14(13)22)28-16(12)27-18(29)30-19(2,3)4;1-10-25-9-12-15(26-10)8-20(17(22)23,13-7-11(24)5-6-14(13)21)28-16(12)27-18(29)30-19(2,3)4;1-11-25-10-16(24-5)15(26-11)9-19(17(22)23,27-29(28)18(2,3)4)13-8-12(20)6-7-14(13)21;1-7-21-6-9-12(22-7)5-15(14(18)19,23-13(9)20)10-4-8(16)2-3-11(10)17;1-8-22-7-13(21-2)12(23-8)6-15(20,14(18)19)10-5-9(16)3-4-11(10)17;1-3-2;/h5-7,9,17H,8H2,1-4H3,(H,27,28,29);5-7,9,17H,8,24H2,1-4H3,(H,27,28,29);6-8,10,17,27H,9H2,1-4H3;2-4,6,14H,5H2,1H3,(H2,20,23);3-5,7,14H,6,20H2,1H3;;/q;;;;;-1;+1/t2*20-;;15-;;;/m00.0.../s1. The molecule has 0 radical (unpaired) electrons. The van der Waals surface area contributed by atoms with Gasteiger partial charge in [0.1, 0.15) is 98.0 Å². The molecule has 0 bridgehead atoms. The van der Waals surface area contributed by atoms with E-state index in [9.17, 15) is 79.7 Å². The normalized spacial score (nSPS) is 16.9. The van der Waals surface area contributed by atoms with Crippen LogP contribution in [0.3, 0.4) is 0 Å². The maximum absolute atomic E-state index is 14.7. The van der Waals surface area contributed by atoms with Crippen molar-refractivity contribution in [1.29, 1.82) is 0 Å². The van der Waals surface area contributed by atoms with Gasteiger partial charge in [0.05, 0.1) is 74.0 Å². The van der Waals surface area contributed by atoms with Crippen LogP contribution < -0.4 is 62.1 Å². The van der Waals surface area contributed by atoms with Gasteiger partial charge in [-0.15, -0.1) is 0 Å². The molecule has 139 heavy (non-hydrogen) atoms. The van der Waals surface area contributed by atoms with Gasteiger partial charge in [0.2, 0.25) is 11.4 Å². The Morgan fingerprint density at radius 1 is 0.475 bits per heavy atom. The number of carbonyl (C=O) groups excluding carboxylic acids is 2. The number of alkyl halides is 10. The van der Waals surface area contributed by atoms with Crippen molar-refractivity contribution in [3.05, 3.63) is 310 Å². The van der Waals surface area contributed by atoms with Crippen molar-refractivity contribution in [3.8, 4) is 0 Å². The maximum atomic E-state index is 14.7. The molecule has 3 aliphatic heterocycles. The van der Waals surface area contributed by atoms with E-state index in [-0.39, 0.29) is 145 Å². The Morgan fingerprint density at radius 3 is 1.17 bits per heavy atom. The predicted octanol–water partition coefficient (Wildman–Crippen LogP) is 18.0. The molecular formula is C89H86Br4F15N24NaO5S. The smallest absolute Gasteiger partial charge is 0.444 e. The van der Waals surface area contributed by atoms with Crippen LogP contribution in [-0.2, 0) is 80.3 Å². The zero-order valence-electron chi connectivity index (χ0n) is 76.4. The van der Waals surface area contributed by atoms with Gasteiger partial charge in [-0.3, -0.25) is 30.5 Å². The second-order valence-corrected chi connectivity index (χ2v) is 39.3. The van der Waals surface area contributed by atoms with Crippen molar-refractivity contribution in [2.24, 2.45) is 26.4 Å². The zero-order valence-corrected chi connectivity index (χ0v) is 85.5. The summed E-state index contributed by atoms with van der Waals surface area (Å²) < 4.78 is 241. The molecule has 5 aromatic carbocycles. The number of amides is 2. The van der Waals surface area contributed by atoms with Crippen molar-refractivity contribution in [2.45, 2.75) is 205 Å². The Morgan fingerprint density at radius 2 is 0.799 bits per heavy atom. The summed E-state index contributed by atoms with van der Waals surface area (Å²) in [4.78, 5) is 85.5. The molecule has 8 heterocycles. The maximum Gasteiger partial charge on any atom is 1.00 e. The molecule has 0 spiro atoms. The molecule has 50 heteroatoms. The number of amidine groups is 3. The van der Waals surface area contributed by atoms with E-state index >= 15 is 0 Å². The molecule has 0 saturated carbocycles. The zero-order chi connectivity index (χ0) is 103. The Hall–Kier alpha value is -11.1. The fraction of sp³-hybridized carbons (Fsp3) is 0.360. The van der Waals surface area contributed by atoms with E-state index in [0.717, 1.165) is 36.4 Å². The summed E-state index contributed by atoms with van der Waals surface area (Å²) in [5, 5.41) is 4.79. The van der Waals surface area contributed by atoms with Gasteiger partial charge in [0, 0.05) is 114 Å². The number of nitrogen functional groups attached to an aromatic ring is 1. The van der Waals surface area contributed by atoms with Crippen LogP contribution in [0, 0.1) is 76.8 Å². The third-order valence-corrected chi connectivity index (χ3v) is 23.7. The van der Waals surface area contributed by atoms with Crippen molar-refractivity contribution in [1.82, 2.24) is 65.2 Å². The molecule has 29 nitrogen and oxygen atoms in total. The molecular weight excluding hydrogens is 2140 g/mol. The van der Waals surface area contributed by atoms with E-state index in [2.05, 4.69) is 154 Å². The number of aromatic nitrogens is 10. The predicted molar refractivity (Wildman–Crippen MR) is 498 cm³/mol. The van der Waals surface area contributed by atoms with Crippen molar-refractivity contribution < 1.29 is 119 Å². The summed E-state index contributed by atoms with van der Waals surface area (Å²) in [5.41, 5.74) is 18.1. The monoisotopic (exact) mass is 2230 g/mol. The van der Waals surface area contributed by atoms with Gasteiger partial charge in [0.15, 0.2) is 16.6 Å². The first-order valence-corrected chi connectivity index (χ1v) is 44.8. The minimum Gasteiger partial charge on any atom is -0.444 e. The van der Waals surface area contributed by atoms with E-state index < -0.39 is 147 Å². The average Bonchev–Trinajstić information content (AvgIpc) is 0.749. The van der Waals surface area contributed by atoms with Crippen LogP contribution in [0.2, 0.25) is 0 Å². The van der Waals surface area contributed by atoms with Gasteiger partial charge in [-0.25, -0.2) is 144 Å². The summed E-state index contributed by atoms with van der Waals surface area (Å²) in [6.07, 6.45) is -12.5. The summed E-state index contributed by atoms with van der Waals surface area (Å²) in [6.45, 7) is 37.1. The Labute approximate surface area is 845 Å². The molecule has 3 unspecified atom stereocenters. The molecule has 13 rings (SSSR count). The molecule has 6 atom stereocenters. The number of nitrogens with zero attached hydrogens (tertiary/aromatic N) is 18. The molecule has 10 aromatic rings.